The van der Waals surface area contributed by atoms with Crippen LogP contribution in [0.4, 0.5) is 30.7 Å². The third-order valence-corrected chi connectivity index (χ3v) is 5.63. The highest BCUT2D eigenvalue weighted by Crippen LogP contribution is 2.47. The average Bonchev–Trinajstić information content (AvgIpc) is 3.09. The van der Waals surface area contributed by atoms with E-state index in [-0.39, 0.29) is 38.9 Å². The number of hydrogen-bond acceptors (Lipinski definition) is 6. The molecule has 0 spiro atoms. The van der Waals surface area contributed by atoms with Crippen LogP contribution in [0.1, 0.15) is 11.3 Å². The van der Waals surface area contributed by atoms with Gasteiger partial charge >= 0.3 is 18.4 Å². The molecular weight excluding hydrogens is 487 g/mol. The van der Waals surface area contributed by atoms with Gasteiger partial charge in [0.15, 0.2) is 23.3 Å². The fourth-order valence-electron chi connectivity index (χ4n) is 2.87. The van der Waals surface area contributed by atoms with E-state index in [1.165, 1.54) is 19.2 Å². The van der Waals surface area contributed by atoms with Crippen molar-refractivity contribution in [3.63, 3.8) is 0 Å². The van der Waals surface area contributed by atoms with Crippen molar-refractivity contribution in [2.45, 2.75) is 36.2 Å². The number of rotatable bonds is 5. The largest absolute Gasteiger partial charge is 0.507 e. The van der Waals surface area contributed by atoms with Gasteiger partial charge in [0.25, 0.3) is 0 Å². The number of ether oxygens (including phenoxy) is 3. The van der Waals surface area contributed by atoms with E-state index in [9.17, 15) is 34.9 Å². The summed E-state index contributed by atoms with van der Waals surface area (Å²) in [6.45, 7) is -0.0796. The molecular formula is C18H12F7N3O4S. The van der Waals surface area contributed by atoms with Crippen molar-refractivity contribution in [3.05, 3.63) is 35.7 Å². The predicted molar refractivity (Wildman–Crippen MR) is 97.9 cm³/mol. The highest BCUT2D eigenvalue weighted by Gasteiger charge is 2.66. The van der Waals surface area contributed by atoms with Gasteiger partial charge in [-0.05, 0) is 13.0 Å². The summed E-state index contributed by atoms with van der Waals surface area (Å²) in [5.74, 6) is -1.74. The maximum absolute atomic E-state index is 13.4. The summed E-state index contributed by atoms with van der Waals surface area (Å²) < 4.78 is 116. The first kappa shape index (κ1) is 23.1. The maximum atomic E-state index is 13.4. The van der Waals surface area contributed by atoms with Crippen LogP contribution in [0.5, 0.6) is 17.2 Å². The summed E-state index contributed by atoms with van der Waals surface area (Å²) in [5, 5.41) is -0.159. The van der Waals surface area contributed by atoms with E-state index in [0.717, 1.165) is 12.1 Å². The molecule has 1 aliphatic rings. The molecule has 0 aliphatic carbocycles. The van der Waals surface area contributed by atoms with Crippen LogP contribution < -0.4 is 14.2 Å². The Morgan fingerprint density at radius 2 is 1.76 bits per heavy atom. The zero-order valence-corrected chi connectivity index (χ0v) is 17.1. The number of hydrogen-bond donors (Lipinski definition) is 1. The SMILES string of the molecule is Cc1c(OCC(F)(F)F)ccnc1CS(=O)c1nc2cc3c(cc2[nH]1)OC(F)(F)C(F)(F)O3. The van der Waals surface area contributed by atoms with Crippen molar-refractivity contribution in [1.82, 2.24) is 15.0 Å². The Kier molecular flexibility index (Phi) is 5.41. The van der Waals surface area contributed by atoms with Crippen LogP contribution in [-0.4, -0.2) is 44.2 Å². The first-order valence-corrected chi connectivity index (χ1v) is 10.3. The van der Waals surface area contributed by atoms with Gasteiger partial charge in [0.1, 0.15) is 5.75 Å². The number of alkyl halides is 7. The molecule has 7 nitrogen and oxygen atoms in total. The summed E-state index contributed by atoms with van der Waals surface area (Å²) in [7, 11) is -1.92. The molecule has 4 rings (SSSR count). The van der Waals surface area contributed by atoms with Crippen LogP contribution in [0.25, 0.3) is 11.0 Å². The number of halogens is 7. The minimum Gasteiger partial charge on any atom is -0.484 e. The molecule has 178 valence electrons. The Bertz CT molecular complexity index is 1190. The molecule has 1 N–H and O–H groups in total. The molecule has 3 aromatic rings. The monoisotopic (exact) mass is 499 g/mol. The van der Waals surface area contributed by atoms with Crippen LogP contribution in [0.3, 0.4) is 0 Å². The second-order valence-corrected chi connectivity index (χ2v) is 8.24. The fraction of sp³-hybridized carbons (Fsp3) is 0.333. The zero-order valence-electron chi connectivity index (χ0n) is 16.3. The van der Waals surface area contributed by atoms with Gasteiger partial charge in [-0.1, -0.05) is 0 Å². The van der Waals surface area contributed by atoms with Gasteiger partial charge in [0, 0.05) is 23.9 Å². The first-order valence-electron chi connectivity index (χ1n) is 8.95. The van der Waals surface area contributed by atoms with Crippen molar-refractivity contribution < 1.29 is 49.2 Å². The fourth-order valence-corrected chi connectivity index (χ4v) is 3.97. The van der Waals surface area contributed by atoms with Crippen molar-refractivity contribution in [1.29, 1.82) is 0 Å². The second kappa shape index (κ2) is 7.74. The molecule has 0 fully saturated rings. The van der Waals surface area contributed by atoms with Crippen LogP contribution in [0, 0.1) is 6.92 Å². The second-order valence-electron chi connectivity index (χ2n) is 6.87. The van der Waals surface area contributed by atoms with E-state index < -0.39 is 47.3 Å². The third-order valence-electron chi connectivity index (χ3n) is 4.47. The lowest BCUT2D eigenvalue weighted by Crippen LogP contribution is -2.52. The van der Waals surface area contributed by atoms with Crippen LogP contribution in [0.15, 0.2) is 29.6 Å². The van der Waals surface area contributed by atoms with Crippen molar-refractivity contribution in [2.24, 2.45) is 0 Å². The molecule has 1 aromatic carbocycles. The number of pyridine rings is 1. The summed E-state index contributed by atoms with van der Waals surface area (Å²) >= 11 is 0. The topological polar surface area (TPSA) is 86.3 Å². The molecule has 0 saturated carbocycles. The Morgan fingerprint density at radius 1 is 1.12 bits per heavy atom. The van der Waals surface area contributed by atoms with Gasteiger partial charge in [0.2, 0.25) is 0 Å². The average molecular weight is 499 g/mol. The third kappa shape index (κ3) is 4.54. The first-order chi connectivity index (χ1) is 15.3. The predicted octanol–water partition coefficient (Wildman–Crippen LogP) is 4.47. The lowest BCUT2D eigenvalue weighted by molar-refractivity contribution is -0.391. The van der Waals surface area contributed by atoms with Crippen LogP contribution in [0.2, 0.25) is 0 Å². The number of fused-ring (bicyclic) bond motifs is 2. The van der Waals surface area contributed by atoms with Crippen LogP contribution >= 0.6 is 0 Å². The van der Waals surface area contributed by atoms with Gasteiger partial charge in [-0.15, -0.1) is 0 Å². The Hall–Kier alpha value is -3.10. The summed E-state index contributed by atoms with van der Waals surface area (Å²) in [4.78, 5) is 10.6. The lowest BCUT2D eigenvalue weighted by Gasteiger charge is -2.31. The Labute approximate surface area is 182 Å². The molecule has 0 radical (unpaired) electrons. The molecule has 3 heterocycles. The molecule has 1 atom stereocenters. The number of nitrogens with one attached hydrogen (secondary N) is 1. The summed E-state index contributed by atoms with van der Waals surface area (Å²) in [5.41, 5.74) is 0.425. The quantitative estimate of drug-likeness (QED) is 0.522. The zero-order chi connectivity index (χ0) is 24.2. The highest BCUT2D eigenvalue weighted by atomic mass is 32.2. The van der Waals surface area contributed by atoms with Gasteiger partial charge < -0.3 is 19.2 Å². The van der Waals surface area contributed by atoms with E-state index in [1.807, 2.05) is 0 Å². The van der Waals surface area contributed by atoms with Crippen molar-refractivity contribution >= 4 is 21.8 Å². The number of aromatic nitrogens is 3. The standard InChI is InChI=1S/C18H12F7N3O4S/c1-8-11(26-3-2-12(8)30-7-16(19,20)21)6-33(29)15-27-9-4-13-14(5-10(9)28-15)32-18(24,25)17(22,23)31-13/h2-5H,6-7H2,1H3,(H,27,28). The molecule has 15 heteroatoms. The summed E-state index contributed by atoms with van der Waals surface area (Å²) in [6.07, 6.45) is -13.2. The number of imidazole rings is 1. The highest BCUT2D eigenvalue weighted by molar-refractivity contribution is 7.84. The lowest BCUT2D eigenvalue weighted by atomic mass is 10.2. The van der Waals surface area contributed by atoms with E-state index in [0.29, 0.717) is 0 Å². The molecule has 33 heavy (non-hydrogen) atoms. The molecule has 0 saturated heterocycles. The normalized spacial score (nSPS) is 17.7. The van der Waals surface area contributed by atoms with Gasteiger partial charge in [-0.3, -0.25) is 9.19 Å². The molecule has 1 unspecified atom stereocenters. The van der Waals surface area contributed by atoms with Crippen LogP contribution in [-0.2, 0) is 16.6 Å². The summed E-state index contributed by atoms with van der Waals surface area (Å²) in [6, 6.07) is 3.08. The van der Waals surface area contributed by atoms with E-state index in [1.54, 1.807) is 0 Å². The van der Waals surface area contributed by atoms with Gasteiger partial charge in [-0.25, -0.2) is 4.98 Å². The Morgan fingerprint density at radius 3 is 2.39 bits per heavy atom. The number of benzene rings is 1. The smallest absolute Gasteiger partial charge is 0.484 e. The number of aromatic amines is 1. The van der Waals surface area contributed by atoms with Gasteiger partial charge in [0.05, 0.1) is 33.3 Å². The van der Waals surface area contributed by atoms with E-state index in [2.05, 4.69) is 24.4 Å². The minimum absolute atomic E-state index is 0.0198. The number of nitrogens with zero attached hydrogens (tertiary/aromatic N) is 2. The molecule has 0 bridgehead atoms. The minimum atomic E-state index is -4.90. The Balaban J connectivity index is 1.58. The van der Waals surface area contributed by atoms with E-state index in [4.69, 9.17) is 4.74 Å². The number of H-pyrrole nitrogens is 1. The maximum Gasteiger partial charge on any atom is 0.507 e. The van der Waals surface area contributed by atoms with Crippen molar-refractivity contribution in [2.75, 3.05) is 6.61 Å². The van der Waals surface area contributed by atoms with E-state index >= 15 is 0 Å². The van der Waals surface area contributed by atoms with Crippen molar-refractivity contribution in [3.8, 4) is 17.2 Å². The molecule has 1 aliphatic heterocycles. The van der Waals surface area contributed by atoms with Gasteiger partial charge in [-0.2, -0.15) is 30.7 Å². The molecule has 0 amide bonds. The molecule has 2 aromatic heterocycles.